The van der Waals surface area contributed by atoms with Crippen LogP contribution in [0, 0.1) is 11.3 Å². The third kappa shape index (κ3) is 6.15. The standard InChI is InChI=1S/C31H27Cl2N7O2/c1-3-25-23(16-34)31(22-14-27(38-29(41)9-7-10-32)28(42-4-2)15-26(22)37-25)36-21-12-19-17-40(39-30(19)24(33)13-21)18-20-8-5-6-11-35-20/h5-9,11-15,17H,3-4,10,18H2,1-2H3,(H,36,37)(H,38,41)/b9-7+. The maximum Gasteiger partial charge on any atom is 0.248 e. The van der Waals surface area contributed by atoms with Crippen LogP contribution in [0.25, 0.3) is 21.8 Å². The van der Waals surface area contributed by atoms with Crippen LogP contribution in [0.5, 0.6) is 5.75 Å². The van der Waals surface area contributed by atoms with Gasteiger partial charge in [0.25, 0.3) is 0 Å². The Morgan fingerprint density at radius 1 is 1.21 bits per heavy atom. The minimum Gasteiger partial charge on any atom is -0.492 e. The van der Waals surface area contributed by atoms with Gasteiger partial charge in [0, 0.05) is 46.9 Å². The molecule has 9 nitrogen and oxygen atoms in total. The van der Waals surface area contributed by atoms with Crippen molar-refractivity contribution < 1.29 is 9.53 Å². The fraction of sp³-hybridized carbons (Fsp3) is 0.194. The number of hydrogen-bond donors (Lipinski definition) is 2. The number of ether oxygens (including phenoxy) is 1. The van der Waals surface area contributed by atoms with Gasteiger partial charge in [-0.3, -0.25) is 19.4 Å². The summed E-state index contributed by atoms with van der Waals surface area (Å²) in [6.45, 7) is 4.69. The van der Waals surface area contributed by atoms with Crippen molar-refractivity contribution in [1.29, 1.82) is 5.26 Å². The zero-order valence-corrected chi connectivity index (χ0v) is 24.5. The number of anilines is 3. The van der Waals surface area contributed by atoms with Crippen LogP contribution in [0.3, 0.4) is 0 Å². The maximum absolute atomic E-state index is 12.5. The van der Waals surface area contributed by atoms with E-state index in [4.69, 9.17) is 32.9 Å². The molecule has 2 aromatic carbocycles. The molecule has 5 rings (SSSR count). The molecule has 0 fully saturated rings. The van der Waals surface area contributed by atoms with Gasteiger partial charge in [0.15, 0.2) is 0 Å². The van der Waals surface area contributed by atoms with E-state index in [1.54, 1.807) is 35.2 Å². The Balaban J connectivity index is 1.61. The zero-order chi connectivity index (χ0) is 29.6. The highest BCUT2D eigenvalue weighted by molar-refractivity contribution is 6.35. The molecule has 0 saturated carbocycles. The van der Waals surface area contributed by atoms with Gasteiger partial charge in [-0.25, -0.2) is 0 Å². The number of rotatable bonds is 10. The highest BCUT2D eigenvalue weighted by Gasteiger charge is 2.19. The van der Waals surface area contributed by atoms with Gasteiger partial charge >= 0.3 is 0 Å². The molecule has 2 N–H and O–H groups in total. The van der Waals surface area contributed by atoms with Crippen molar-refractivity contribution in [2.24, 2.45) is 0 Å². The zero-order valence-electron chi connectivity index (χ0n) is 23.0. The van der Waals surface area contributed by atoms with Gasteiger partial charge in [0.2, 0.25) is 5.91 Å². The Morgan fingerprint density at radius 2 is 2.07 bits per heavy atom. The van der Waals surface area contributed by atoms with Crippen LogP contribution >= 0.6 is 23.2 Å². The Hall–Kier alpha value is -4.65. The minimum absolute atomic E-state index is 0.210. The largest absolute Gasteiger partial charge is 0.492 e. The van der Waals surface area contributed by atoms with Gasteiger partial charge in [-0.2, -0.15) is 10.4 Å². The van der Waals surface area contributed by atoms with E-state index in [1.165, 1.54) is 6.08 Å². The second kappa shape index (κ2) is 12.9. The molecule has 3 aromatic heterocycles. The summed E-state index contributed by atoms with van der Waals surface area (Å²) in [5.41, 5.74) is 4.83. The lowest BCUT2D eigenvalue weighted by atomic mass is 10.0. The number of halogens is 2. The number of nitrogens with zero attached hydrogens (tertiary/aromatic N) is 5. The molecule has 11 heteroatoms. The van der Waals surface area contributed by atoms with Crippen LogP contribution in [-0.4, -0.2) is 38.1 Å². The number of aromatic nitrogens is 4. The lowest BCUT2D eigenvalue weighted by Gasteiger charge is -2.18. The lowest BCUT2D eigenvalue weighted by molar-refractivity contribution is -0.111. The predicted molar refractivity (Wildman–Crippen MR) is 167 cm³/mol. The van der Waals surface area contributed by atoms with Crippen molar-refractivity contribution in [1.82, 2.24) is 19.7 Å². The maximum atomic E-state index is 12.5. The molecule has 0 aliphatic carbocycles. The molecule has 0 aliphatic heterocycles. The summed E-state index contributed by atoms with van der Waals surface area (Å²) in [5, 5.41) is 23.0. The lowest BCUT2D eigenvalue weighted by Crippen LogP contribution is -2.10. The third-order valence-electron chi connectivity index (χ3n) is 6.45. The number of carbonyl (C=O) groups excluding carboxylic acids is 1. The quantitative estimate of drug-likeness (QED) is 0.131. The van der Waals surface area contributed by atoms with Gasteiger partial charge in [-0.05, 0) is 43.7 Å². The van der Waals surface area contributed by atoms with Crippen LogP contribution in [0.15, 0.2) is 67.0 Å². The summed E-state index contributed by atoms with van der Waals surface area (Å²) in [6.07, 6.45) is 7.10. The topological polar surface area (TPSA) is 118 Å². The first kappa shape index (κ1) is 28.9. The van der Waals surface area contributed by atoms with Crippen molar-refractivity contribution >= 4 is 68.0 Å². The van der Waals surface area contributed by atoms with Crippen molar-refractivity contribution in [2.75, 3.05) is 23.1 Å². The first-order chi connectivity index (χ1) is 20.4. The molecule has 0 aliphatic rings. The molecule has 0 saturated heterocycles. The van der Waals surface area contributed by atoms with Gasteiger partial charge in [-0.1, -0.05) is 30.7 Å². The average Bonchev–Trinajstić information content (AvgIpc) is 3.39. The van der Waals surface area contributed by atoms with Crippen molar-refractivity contribution in [3.63, 3.8) is 0 Å². The minimum atomic E-state index is -0.357. The number of amides is 1. The number of nitriles is 1. The van der Waals surface area contributed by atoms with Crippen LogP contribution in [-0.2, 0) is 17.8 Å². The van der Waals surface area contributed by atoms with Crippen LogP contribution in [0.1, 0.15) is 30.8 Å². The van der Waals surface area contributed by atoms with Crippen molar-refractivity contribution in [3.8, 4) is 11.8 Å². The van der Waals surface area contributed by atoms with E-state index in [0.29, 0.717) is 75.1 Å². The number of allylic oxidation sites excluding steroid dienone is 1. The van der Waals surface area contributed by atoms with Crippen LogP contribution in [0.2, 0.25) is 5.02 Å². The Morgan fingerprint density at radius 3 is 2.79 bits per heavy atom. The molecule has 0 unspecified atom stereocenters. The SMILES string of the molecule is CCOc1cc2nc(CC)c(C#N)c(Nc3cc(Cl)c4nn(Cc5ccccn5)cc4c3)c2cc1NC(=O)/C=C/CCl. The van der Waals surface area contributed by atoms with E-state index >= 15 is 0 Å². The molecular weight excluding hydrogens is 573 g/mol. The van der Waals surface area contributed by atoms with Crippen molar-refractivity contribution in [3.05, 3.63) is 89.0 Å². The van der Waals surface area contributed by atoms with E-state index in [1.807, 2.05) is 44.3 Å². The number of hydrogen-bond acceptors (Lipinski definition) is 7. The van der Waals surface area contributed by atoms with E-state index < -0.39 is 0 Å². The summed E-state index contributed by atoms with van der Waals surface area (Å²) < 4.78 is 7.62. The van der Waals surface area contributed by atoms with Crippen LogP contribution in [0.4, 0.5) is 17.1 Å². The van der Waals surface area contributed by atoms with E-state index in [2.05, 4.69) is 26.8 Å². The third-order valence-corrected chi connectivity index (χ3v) is 6.92. The number of fused-ring (bicyclic) bond motifs is 2. The van der Waals surface area contributed by atoms with Gasteiger partial charge in [-0.15, -0.1) is 11.6 Å². The normalized spacial score (nSPS) is 11.2. The highest BCUT2D eigenvalue weighted by Crippen LogP contribution is 2.38. The molecule has 0 spiro atoms. The summed E-state index contributed by atoms with van der Waals surface area (Å²) in [6, 6.07) is 15.3. The monoisotopic (exact) mass is 599 g/mol. The van der Waals surface area contributed by atoms with Gasteiger partial charge in [0.05, 0.1) is 52.0 Å². The van der Waals surface area contributed by atoms with Gasteiger partial charge in [0.1, 0.15) is 17.3 Å². The fourth-order valence-corrected chi connectivity index (χ4v) is 5.00. The Kier molecular flexibility index (Phi) is 8.86. The molecule has 0 atom stereocenters. The number of aryl methyl sites for hydroxylation is 1. The molecule has 3 heterocycles. The van der Waals surface area contributed by atoms with E-state index in [0.717, 1.165) is 11.1 Å². The highest BCUT2D eigenvalue weighted by atomic mass is 35.5. The van der Waals surface area contributed by atoms with E-state index in [-0.39, 0.29) is 11.8 Å². The Bertz CT molecular complexity index is 1850. The summed E-state index contributed by atoms with van der Waals surface area (Å²) in [4.78, 5) is 21.7. The first-order valence-electron chi connectivity index (χ1n) is 13.3. The Labute approximate surface area is 252 Å². The second-order valence-corrected chi connectivity index (χ2v) is 10.0. The molecule has 5 aromatic rings. The summed E-state index contributed by atoms with van der Waals surface area (Å²) >= 11 is 12.4. The number of benzene rings is 2. The molecule has 1 amide bonds. The van der Waals surface area contributed by atoms with Crippen LogP contribution < -0.4 is 15.4 Å². The molecule has 42 heavy (non-hydrogen) atoms. The molecule has 0 radical (unpaired) electrons. The first-order valence-corrected chi connectivity index (χ1v) is 14.3. The second-order valence-electron chi connectivity index (χ2n) is 9.29. The number of carbonyl (C=O) groups is 1. The van der Waals surface area contributed by atoms with Crippen molar-refractivity contribution in [2.45, 2.75) is 26.8 Å². The predicted octanol–water partition coefficient (Wildman–Crippen LogP) is 6.99. The van der Waals surface area contributed by atoms with Gasteiger partial charge < -0.3 is 15.4 Å². The number of pyridine rings is 2. The molecule has 0 bridgehead atoms. The number of nitrogens with one attached hydrogen (secondary N) is 2. The smallest absolute Gasteiger partial charge is 0.248 e. The number of alkyl halides is 1. The molecular formula is C31H27Cl2N7O2. The summed E-state index contributed by atoms with van der Waals surface area (Å²) in [5.74, 6) is 0.318. The fourth-order valence-electron chi connectivity index (χ4n) is 4.64. The molecule has 212 valence electrons. The summed E-state index contributed by atoms with van der Waals surface area (Å²) in [7, 11) is 0. The average molecular weight is 601 g/mol. The van der Waals surface area contributed by atoms with E-state index in [9.17, 15) is 10.1 Å².